The maximum atomic E-state index is 12.5. The van der Waals surface area contributed by atoms with Crippen molar-refractivity contribution < 1.29 is 14.3 Å². The SMILES string of the molecule is COCCCN(Cc1c(C)cc(Br)cc1C)C(=O)OC(C)(C)C. The third kappa shape index (κ3) is 6.92. The van der Waals surface area contributed by atoms with Crippen molar-refractivity contribution in [2.24, 2.45) is 0 Å². The van der Waals surface area contributed by atoms with E-state index in [-0.39, 0.29) is 6.09 Å². The Kier molecular flexibility index (Phi) is 7.55. The van der Waals surface area contributed by atoms with Gasteiger partial charge in [0.05, 0.1) is 0 Å². The number of carbonyl (C=O) groups is 1. The van der Waals surface area contributed by atoms with Gasteiger partial charge in [0.2, 0.25) is 0 Å². The Hall–Kier alpha value is -1.07. The van der Waals surface area contributed by atoms with Crippen LogP contribution in [0.4, 0.5) is 4.79 Å². The average molecular weight is 386 g/mol. The minimum Gasteiger partial charge on any atom is -0.444 e. The summed E-state index contributed by atoms with van der Waals surface area (Å²) in [7, 11) is 1.67. The number of hydrogen-bond acceptors (Lipinski definition) is 3. The number of nitrogens with zero attached hydrogens (tertiary/aromatic N) is 1. The minimum absolute atomic E-state index is 0.282. The van der Waals surface area contributed by atoms with Crippen LogP contribution in [0.5, 0.6) is 0 Å². The molecule has 0 aliphatic carbocycles. The summed E-state index contributed by atoms with van der Waals surface area (Å²) in [5.74, 6) is 0. The molecule has 1 aromatic carbocycles. The second-order valence-corrected chi connectivity index (χ2v) is 7.68. The molecule has 23 heavy (non-hydrogen) atoms. The smallest absolute Gasteiger partial charge is 0.410 e. The highest BCUT2D eigenvalue weighted by atomic mass is 79.9. The van der Waals surface area contributed by atoms with Gasteiger partial charge >= 0.3 is 6.09 Å². The summed E-state index contributed by atoms with van der Waals surface area (Å²) in [6, 6.07) is 4.15. The Morgan fingerprint density at radius 1 is 1.22 bits per heavy atom. The van der Waals surface area contributed by atoms with Crippen LogP contribution in [0.25, 0.3) is 0 Å². The zero-order chi connectivity index (χ0) is 17.6. The molecular weight excluding hydrogens is 358 g/mol. The number of benzene rings is 1. The first-order chi connectivity index (χ1) is 10.6. The zero-order valence-corrected chi connectivity index (χ0v) is 16.6. The number of carbonyl (C=O) groups excluding carboxylic acids is 1. The number of hydrogen-bond donors (Lipinski definition) is 0. The van der Waals surface area contributed by atoms with Crippen LogP contribution in [0.2, 0.25) is 0 Å². The number of ether oxygens (including phenoxy) is 2. The molecule has 1 amide bonds. The molecule has 0 heterocycles. The van der Waals surface area contributed by atoms with Gasteiger partial charge in [-0.3, -0.25) is 0 Å². The maximum Gasteiger partial charge on any atom is 0.410 e. The van der Waals surface area contributed by atoms with Crippen molar-refractivity contribution >= 4 is 22.0 Å². The molecule has 0 unspecified atom stereocenters. The molecule has 130 valence electrons. The summed E-state index contributed by atoms with van der Waals surface area (Å²) in [5, 5.41) is 0. The molecule has 0 bridgehead atoms. The molecule has 0 N–H and O–H groups in total. The lowest BCUT2D eigenvalue weighted by molar-refractivity contribution is 0.0218. The van der Waals surface area contributed by atoms with Gasteiger partial charge in [-0.15, -0.1) is 0 Å². The maximum absolute atomic E-state index is 12.5. The lowest BCUT2D eigenvalue weighted by Crippen LogP contribution is -2.37. The summed E-state index contributed by atoms with van der Waals surface area (Å²) in [6.45, 7) is 11.6. The number of amides is 1. The quantitative estimate of drug-likeness (QED) is 0.657. The molecule has 1 aromatic rings. The molecule has 0 saturated carbocycles. The fourth-order valence-corrected chi connectivity index (χ4v) is 3.03. The largest absolute Gasteiger partial charge is 0.444 e. The summed E-state index contributed by atoms with van der Waals surface area (Å²) in [5.41, 5.74) is 2.99. The van der Waals surface area contributed by atoms with E-state index in [9.17, 15) is 4.79 Å². The molecule has 0 saturated heterocycles. The zero-order valence-electron chi connectivity index (χ0n) is 15.0. The number of rotatable bonds is 6. The van der Waals surface area contributed by atoms with Gasteiger partial charge in [-0.1, -0.05) is 15.9 Å². The molecule has 0 radical (unpaired) electrons. The van der Waals surface area contributed by atoms with Crippen molar-refractivity contribution in [1.82, 2.24) is 4.90 Å². The van der Waals surface area contributed by atoms with Crippen LogP contribution < -0.4 is 0 Å². The van der Waals surface area contributed by atoms with Crippen LogP contribution in [0.3, 0.4) is 0 Å². The van der Waals surface area contributed by atoms with Crippen molar-refractivity contribution in [3.63, 3.8) is 0 Å². The highest BCUT2D eigenvalue weighted by Crippen LogP contribution is 2.23. The average Bonchev–Trinajstić information content (AvgIpc) is 2.38. The number of aryl methyl sites for hydroxylation is 2. The van der Waals surface area contributed by atoms with Crippen LogP contribution in [0.15, 0.2) is 16.6 Å². The Balaban J connectivity index is 2.94. The van der Waals surface area contributed by atoms with Crippen molar-refractivity contribution in [2.75, 3.05) is 20.3 Å². The molecule has 0 atom stereocenters. The summed E-state index contributed by atoms with van der Waals surface area (Å²) in [4.78, 5) is 14.3. The number of halogens is 1. The van der Waals surface area contributed by atoms with Crippen molar-refractivity contribution in [3.05, 3.63) is 33.3 Å². The lowest BCUT2D eigenvalue weighted by Gasteiger charge is -2.28. The van der Waals surface area contributed by atoms with Crippen molar-refractivity contribution in [3.8, 4) is 0 Å². The van der Waals surface area contributed by atoms with Crippen LogP contribution in [-0.4, -0.2) is 36.9 Å². The van der Waals surface area contributed by atoms with E-state index in [0.29, 0.717) is 19.7 Å². The highest BCUT2D eigenvalue weighted by molar-refractivity contribution is 9.10. The van der Waals surface area contributed by atoms with Crippen LogP contribution in [-0.2, 0) is 16.0 Å². The molecule has 4 nitrogen and oxygen atoms in total. The first-order valence-electron chi connectivity index (χ1n) is 7.86. The van der Waals surface area contributed by atoms with E-state index < -0.39 is 5.60 Å². The predicted molar refractivity (Wildman–Crippen MR) is 96.8 cm³/mol. The topological polar surface area (TPSA) is 38.8 Å². The standard InChI is InChI=1S/C18H28BrNO3/c1-13-10-15(19)11-14(2)16(13)12-20(8-7-9-22-6)17(21)23-18(3,4)5/h10-11H,7-9,12H2,1-6H3. The lowest BCUT2D eigenvalue weighted by atomic mass is 10.0. The molecule has 0 fully saturated rings. The molecule has 1 rings (SSSR count). The van der Waals surface area contributed by atoms with Crippen LogP contribution >= 0.6 is 15.9 Å². The predicted octanol–water partition coefficient (Wildman–Crippen LogP) is 4.84. The van der Waals surface area contributed by atoms with Crippen molar-refractivity contribution in [1.29, 1.82) is 0 Å². The fraction of sp³-hybridized carbons (Fsp3) is 0.611. The van der Waals surface area contributed by atoms with Gasteiger partial charge in [0.1, 0.15) is 5.60 Å². The number of methoxy groups -OCH3 is 1. The summed E-state index contributed by atoms with van der Waals surface area (Å²) >= 11 is 3.51. The third-order valence-corrected chi connectivity index (χ3v) is 3.90. The van der Waals surface area contributed by atoms with Gasteiger partial charge in [0.25, 0.3) is 0 Å². The normalized spacial score (nSPS) is 11.4. The van der Waals surface area contributed by atoms with E-state index in [2.05, 4.69) is 41.9 Å². The van der Waals surface area contributed by atoms with E-state index in [1.54, 1.807) is 12.0 Å². The van der Waals surface area contributed by atoms with Gasteiger partial charge < -0.3 is 14.4 Å². The Labute approximate surface area is 148 Å². The first kappa shape index (κ1) is 20.0. The fourth-order valence-electron chi connectivity index (χ4n) is 2.34. The van der Waals surface area contributed by atoms with E-state index in [4.69, 9.17) is 9.47 Å². The third-order valence-electron chi connectivity index (χ3n) is 3.44. The Morgan fingerprint density at radius 3 is 2.26 bits per heavy atom. The van der Waals surface area contributed by atoms with Gasteiger partial charge in [0.15, 0.2) is 0 Å². The first-order valence-corrected chi connectivity index (χ1v) is 8.66. The van der Waals surface area contributed by atoms with Crippen LogP contribution in [0.1, 0.15) is 43.9 Å². The summed E-state index contributed by atoms with van der Waals surface area (Å²) < 4.78 is 11.7. The van der Waals surface area contributed by atoms with Crippen molar-refractivity contribution in [2.45, 2.75) is 53.2 Å². The van der Waals surface area contributed by atoms with Gasteiger partial charge in [-0.25, -0.2) is 4.79 Å². The van der Waals surface area contributed by atoms with E-state index >= 15 is 0 Å². The highest BCUT2D eigenvalue weighted by Gasteiger charge is 2.23. The van der Waals surface area contributed by atoms with Gasteiger partial charge in [-0.05, 0) is 69.9 Å². The van der Waals surface area contributed by atoms with E-state index in [1.807, 2.05) is 20.8 Å². The minimum atomic E-state index is -0.500. The molecular formula is C18H28BrNO3. The molecule has 5 heteroatoms. The molecule has 0 aromatic heterocycles. The Bertz CT molecular complexity index is 515. The molecule has 0 spiro atoms. The van der Waals surface area contributed by atoms with E-state index in [1.165, 1.54) is 0 Å². The van der Waals surface area contributed by atoms with Gasteiger partial charge in [0, 0.05) is 31.3 Å². The van der Waals surface area contributed by atoms with E-state index in [0.717, 1.165) is 27.6 Å². The monoisotopic (exact) mass is 385 g/mol. The van der Waals surface area contributed by atoms with Gasteiger partial charge in [-0.2, -0.15) is 0 Å². The summed E-state index contributed by atoms with van der Waals surface area (Å²) in [6.07, 6.45) is 0.500. The Morgan fingerprint density at radius 2 is 1.78 bits per heavy atom. The molecule has 0 aliphatic heterocycles. The molecule has 0 aliphatic rings. The second kappa shape index (κ2) is 8.69. The van der Waals surface area contributed by atoms with Crippen LogP contribution in [0, 0.1) is 13.8 Å². The second-order valence-electron chi connectivity index (χ2n) is 6.77.